The predicted octanol–water partition coefficient (Wildman–Crippen LogP) is 5.54. The van der Waals surface area contributed by atoms with Crippen molar-refractivity contribution in [3.05, 3.63) is 65.2 Å². The molecule has 0 radical (unpaired) electrons. The lowest BCUT2D eigenvalue weighted by atomic mass is 9.94. The Morgan fingerprint density at radius 2 is 1.71 bits per heavy atom. The summed E-state index contributed by atoms with van der Waals surface area (Å²) in [4.78, 5) is 14.6. The number of aliphatic carboxylic acids is 1. The fourth-order valence-corrected chi connectivity index (χ4v) is 4.46. The van der Waals surface area contributed by atoms with Crippen molar-refractivity contribution in [1.29, 1.82) is 0 Å². The normalized spacial score (nSPS) is 12.4. The van der Waals surface area contributed by atoms with E-state index in [4.69, 9.17) is 28.4 Å². The number of hydrogen-bond donors (Lipinski definition) is 1. The van der Waals surface area contributed by atoms with E-state index in [2.05, 4.69) is 0 Å². The SMILES string of the molecule is CCCOc1cccc(C=C(Cc2cc3c(cc2OC)OCO3)C(=O)O)c1-c1ccc(OC)cc1OCCN(C)C. The van der Waals surface area contributed by atoms with E-state index in [9.17, 15) is 9.90 Å². The summed E-state index contributed by atoms with van der Waals surface area (Å²) < 4.78 is 34.4. The van der Waals surface area contributed by atoms with Crippen LogP contribution in [0.3, 0.4) is 0 Å². The van der Waals surface area contributed by atoms with E-state index in [-0.39, 0.29) is 18.8 Å². The van der Waals surface area contributed by atoms with Gasteiger partial charge < -0.3 is 38.4 Å². The lowest BCUT2D eigenvalue weighted by Gasteiger charge is -2.19. The molecule has 9 heteroatoms. The van der Waals surface area contributed by atoms with E-state index >= 15 is 0 Å². The highest BCUT2D eigenvalue weighted by molar-refractivity contribution is 5.95. The lowest BCUT2D eigenvalue weighted by molar-refractivity contribution is -0.132. The molecule has 0 fully saturated rings. The number of carbonyl (C=O) groups is 1. The number of carboxylic acids is 1. The number of benzene rings is 3. The van der Waals surface area contributed by atoms with Crippen LogP contribution >= 0.6 is 0 Å². The van der Waals surface area contributed by atoms with Crippen LogP contribution in [-0.4, -0.2) is 70.8 Å². The number of ether oxygens (including phenoxy) is 6. The minimum atomic E-state index is -1.05. The molecule has 0 spiro atoms. The van der Waals surface area contributed by atoms with Gasteiger partial charge in [-0.1, -0.05) is 19.1 Å². The molecule has 0 unspecified atom stereocenters. The van der Waals surface area contributed by atoms with Crippen LogP contribution in [0.2, 0.25) is 0 Å². The van der Waals surface area contributed by atoms with Gasteiger partial charge in [-0.2, -0.15) is 0 Å². The summed E-state index contributed by atoms with van der Waals surface area (Å²) in [6.07, 6.45) is 2.59. The molecule has 4 rings (SSSR count). The number of methoxy groups -OCH3 is 2. The number of nitrogens with zero attached hydrogens (tertiary/aromatic N) is 1. The number of hydrogen-bond acceptors (Lipinski definition) is 8. The van der Waals surface area contributed by atoms with Gasteiger partial charge in [-0.3, -0.25) is 0 Å². The molecule has 0 bridgehead atoms. The maximum absolute atomic E-state index is 12.6. The highest BCUT2D eigenvalue weighted by Crippen LogP contribution is 2.43. The van der Waals surface area contributed by atoms with Gasteiger partial charge in [0.05, 0.1) is 20.8 Å². The first kappa shape index (κ1) is 29.6. The molecule has 3 aromatic carbocycles. The highest BCUT2D eigenvalue weighted by atomic mass is 16.7. The van der Waals surface area contributed by atoms with E-state index in [1.165, 1.54) is 0 Å². The molecule has 1 aliphatic heterocycles. The van der Waals surface area contributed by atoms with Crippen molar-refractivity contribution in [1.82, 2.24) is 4.90 Å². The third kappa shape index (κ3) is 7.24. The fourth-order valence-electron chi connectivity index (χ4n) is 4.46. The molecule has 41 heavy (non-hydrogen) atoms. The van der Waals surface area contributed by atoms with Crippen molar-refractivity contribution in [3.63, 3.8) is 0 Å². The van der Waals surface area contributed by atoms with E-state index in [0.29, 0.717) is 58.8 Å². The van der Waals surface area contributed by atoms with Crippen LogP contribution < -0.4 is 28.4 Å². The molecule has 1 heterocycles. The molecule has 0 amide bonds. The number of fused-ring (bicyclic) bond motifs is 1. The van der Waals surface area contributed by atoms with Crippen LogP contribution in [0.25, 0.3) is 17.2 Å². The van der Waals surface area contributed by atoms with Gasteiger partial charge in [0.1, 0.15) is 29.6 Å². The second-order valence-corrected chi connectivity index (χ2v) is 9.75. The Labute approximate surface area is 240 Å². The van der Waals surface area contributed by atoms with E-state index in [1.54, 1.807) is 32.4 Å². The lowest BCUT2D eigenvalue weighted by Crippen LogP contribution is -2.19. The predicted molar refractivity (Wildman–Crippen MR) is 157 cm³/mol. The number of carboxylic acid groups (broad SMARTS) is 1. The van der Waals surface area contributed by atoms with Crippen LogP contribution in [0.1, 0.15) is 24.5 Å². The van der Waals surface area contributed by atoms with Gasteiger partial charge in [-0.15, -0.1) is 0 Å². The Kier molecular flexibility index (Phi) is 9.97. The average Bonchev–Trinajstić information content (AvgIpc) is 3.42. The Bertz CT molecular complexity index is 1400. The van der Waals surface area contributed by atoms with Gasteiger partial charge >= 0.3 is 5.97 Å². The highest BCUT2D eigenvalue weighted by Gasteiger charge is 2.22. The van der Waals surface area contributed by atoms with E-state index < -0.39 is 5.97 Å². The van der Waals surface area contributed by atoms with Crippen LogP contribution in [0.4, 0.5) is 0 Å². The van der Waals surface area contributed by atoms with Gasteiger partial charge in [-0.25, -0.2) is 4.79 Å². The summed E-state index contributed by atoms with van der Waals surface area (Å²) in [7, 11) is 7.11. The topological polar surface area (TPSA) is 95.9 Å². The van der Waals surface area contributed by atoms with Crippen molar-refractivity contribution in [3.8, 4) is 45.6 Å². The Hall–Kier alpha value is -4.37. The second kappa shape index (κ2) is 13.8. The summed E-state index contributed by atoms with van der Waals surface area (Å²) in [5.74, 6) is 2.49. The van der Waals surface area contributed by atoms with Crippen molar-refractivity contribution in [2.75, 3.05) is 54.9 Å². The van der Waals surface area contributed by atoms with Crippen molar-refractivity contribution < 1.29 is 38.3 Å². The fraction of sp³-hybridized carbons (Fsp3) is 0.344. The van der Waals surface area contributed by atoms with Crippen molar-refractivity contribution >= 4 is 12.0 Å². The summed E-state index contributed by atoms with van der Waals surface area (Å²) in [6, 6.07) is 14.7. The third-order valence-electron chi connectivity index (χ3n) is 6.54. The maximum Gasteiger partial charge on any atom is 0.331 e. The summed E-state index contributed by atoms with van der Waals surface area (Å²) >= 11 is 0. The van der Waals surface area contributed by atoms with E-state index in [1.807, 2.05) is 62.3 Å². The van der Waals surface area contributed by atoms with Crippen LogP contribution in [-0.2, 0) is 11.2 Å². The standard InChI is InChI=1S/C32H37NO8/c1-6-13-38-26-9-7-8-21(31(26)25-11-10-24(36-4)18-28(25)39-14-12-33(2)3)15-23(32(34)35)16-22-17-29-30(41-20-40-29)19-27(22)37-5/h7-11,15,17-19H,6,12-14,16,20H2,1-5H3,(H,34,35). The first-order valence-electron chi connectivity index (χ1n) is 13.5. The maximum atomic E-state index is 12.6. The Morgan fingerprint density at radius 1 is 0.951 bits per heavy atom. The quantitative estimate of drug-likeness (QED) is 0.254. The summed E-state index contributed by atoms with van der Waals surface area (Å²) in [5.41, 5.74) is 3.02. The smallest absolute Gasteiger partial charge is 0.331 e. The molecule has 1 aliphatic rings. The molecule has 0 aromatic heterocycles. The van der Waals surface area contributed by atoms with Crippen molar-refractivity contribution in [2.45, 2.75) is 19.8 Å². The monoisotopic (exact) mass is 563 g/mol. The number of rotatable bonds is 14. The molecule has 0 saturated carbocycles. The third-order valence-corrected chi connectivity index (χ3v) is 6.54. The molecular formula is C32H37NO8. The first-order chi connectivity index (χ1) is 19.8. The zero-order valence-corrected chi connectivity index (χ0v) is 24.2. The number of likely N-dealkylation sites (N-methyl/N-ethyl adjacent to an activating group) is 1. The van der Waals surface area contributed by atoms with Crippen molar-refractivity contribution in [2.24, 2.45) is 0 Å². The molecule has 0 aliphatic carbocycles. The molecule has 9 nitrogen and oxygen atoms in total. The van der Waals surface area contributed by atoms with Crippen LogP contribution in [0.15, 0.2) is 54.1 Å². The minimum absolute atomic E-state index is 0.101. The van der Waals surface area contributed by atoms with Crippen LogP contribution in [0.5, 0.6) is 34.5 Å². The first-order valence-corrected chi connectivity index (χ1v) is 13.5. The Balaban J connectivity index is 1.83. The summed E-state index contributed by atoms with van der Waals surface area (Å²) in [6.45, 7) is 3.83. The van der Waals surface area contributed by atoms with Gasteiger partial charge in [0, 0.05) is 47.4 Å². The Morgan fingerprint density at radius 3 is 2.39 bits per heavy atom. The molecule has 218 valence electrons. The minimum Gasteiger partial charge on any atom is -0.497 e. The molecule has 3 aromatic rings. The van der Waals surface area contributed by atoms with E-state index in [0.717, 1.165) is 24.1 Å². The molecule has 0 saturated heterocycles. The largest absolute Gasteiger partial charge is 0.497 e. The molecular weight excluding hydrogens is 526 g/mol. The zero-order chi connectivity index (χ0) is 29.4. The summed E-state index contributed by atoms with van der Waals surface area (Å²) in [5, 5.41) is 10.3. The average molecular weight is 564 g/mol. The molecule has 0 atom stereocenters. The van der Waals surface area contributed by atoms with Gasteiger partial charge in [0.25, 0.3) is 0 Å². The van der Waals surface area contributed by atoms with Gasteiger partial charge in [-0.05, 0) is 56.4 Å². The second-order valence-electron chi connectivity index (χ2n) is 9.75. The molecule has 1 N–H and O–H groups in total. The van der Waals surface area contributed by atoms with Gasteiger partial charge in [0.2, 0.25) is 6.79 Å². The zero-order valence-electron chi connectivity index (χ0n) is 24.2. The van der Waals surface area contributed by atoms with Crippen LogP contribution in [0, 0.1) is 0 Å². The van der Waals surface area contributed by atoms with Gasteiger partial charge in [0.15, 0.2) is 11.5 Å².